The second kappa shape index (κ2) is 13.8. The third-order valence-electron chi connectivity index (χ3n) is 8.93. The molecule has 1 N–H and O–H groups in total. The van der Waals surface area contributed by atoms with Gasteiger partial charge in [-0.1, -0.05) is 20.8 Å². The largest absolute Gasteiger partial charge is 0.434 e. The van der Waals surface area contributed by atoms with Crippen molar-refractivity contribution in [3.8, 4) is 11.6 Å². The first-order valence-corrected chi connectivity index (χ1v) is 15.7. The van der Waals surface area contributed by atoms with Crippen molar-refractivity contribution in [2.45, 2.75) is 85.5 Å². The number of halogens is 1. The predicted molar refractivity (Wildman–Crippen MR) is 166 cm³/mol. The topological polar surface area (TPSA) is 98.2 Å². The highest BCUT2D eigenvalue weighted by atomic mass is 19.1. The molecule has 0 radical (unpaired) electrons. The van der Waals surface area contributed by atoms with Crippen molar-refractivity contribution in [3.63, 3.8) is 0 Å². The fourth-order valence-electron chi connectivity index (χ4n) is 6.72. The Balaban J connectivity index is 1.48. The number of benzene rings is 1. The quantitative estimate of drug-likeness (QED) is 0.361. The van der Waals surface area contributed by atoms with Gasteiger partial charge in [-0.05, 0) is 78.2 Å². The molecule has 43 heavy (non-hydrogen) atoms. The Bertz CT molecular complexity index is 1230. The maximum absolute atomic E-state index is 14.4. The normalized spacial score (nSPS) is 18.1. The second-order valence-electron chi connectivity index (χ2n) is 13.4. The molecule has 238 valence electrons. The summed E-state index contributed by atoms with van der Waals surface area (Å²) in [6.45, 7) is 19.4. The Kier molecular flexibility index (Phi) is 10.6. The fraction of sp³-hybridized carbons (Fsp3) is 0.688. The van der Waals surface area contributed by atoms with Crippen LogP contribution in [0.4, 0.5) is 10.2 Å². The Morgan fingerprint density at radius 1 is 1.14 bits per heavy atom. The van der Waals surface area contributed by atoms with Gasteiger partial charge in [-0.15, -0.1) is 10.2 Å². The van der Waals surface area contributed by atoms with E-state index in [1.807, 2.05) is 34.7 Å². The molecular formula is C32H50FN7O3. The highest BCUT2D eigenvalue weighted by molar-refractivity contribution is 5.97. The van der Waals surface area contributed by atoms with E-state index in [2.05, 4.69) is 50.7 Å². The second-order valence-corrected chi connectivity index (χ2v) is 13.4. The Hall–Kier alpha value is -2.89. The monoisotopic (exact) mass is 599 g/mol. The number of anilines is 1. The van der Waals surface area contributed by atoms with Crippen LogP contribution in [-0.4, -0.2) is 111 Å². The van der Waals surface area contributed by atoms with E-state index < -0.39 is 5.82 Å². The molecule has 2 saturated heterocycles. The van der Waals surface area contributed by atoms with Gasteiger partial charge in [0.1, 0.15) is 17.9 Å². The lowest BCUT2D eigenvalue weighted by Gasteiger charge is -2.53. The van der Waals surface area contributed by atoms with Crippen molar-refractivity contribution in [2.24, 2.45) is 11.3 Å². The summed E-state index contributed by atoms with van der Waals surface area (Å²) in [4.78, 5) is 26.6. The fourth-order valence-corrected chi connectivity index (χ4v) is 6.72. The molecule has 11 heteroatoms. The first kappa shape index (κ1) is 33.0. The minimum Gasteiger partial charge on any atom is -0.434 e. The van der Waals surface area contributed by atoms with Crippen molar-refractivity contribution in [2.75, 3.05) is 51.2 Å². The minimum atomic E-state index is -0.513. The molecule has 1 aromatic carbocycles. The lowest BCUT2D eigenvalue weighted by Crippen LogP contribution is -2.62. The summed E-state index contributed by atoms with van der Waals surface area (Å²) in [7, 11) is 2.04. The molecule has 4 rings (SSSR count). The molecule has 1 amide bonds. The average Bonchev–Trinajstić information content (AvgIpc) is 3.37. The molecule has 1 spiro atoms. The van der Waals surface area contributed by atoms with E-state index in [1.54, 1.807) is 4.90 Å². The van der Waals surface area contributed by atoms with E-state index in [1.165, 1.54) is 24.5 Å². The molecule has 0 saturated carbocycles. The lowest BCUT2D eigenvalue weighted by molar-refractivity contribution is -0.0480. The number of amides is 1. The molecule has 10 nitrogen and oxygen atoms in total. The molecule has 2 aromatic rings. The SMILES string of the molecule is CCN(C)C[C@@H](O)C[C@H](C(C)C)N1CC2(CCN(c3ncnnc3Oc3ccc(F)cc3C(=O)N(C(C)C)C(C)C)C2)C1. The summed E-state index contributed by atoms with van der Waals surface area (Å²) in [5.41, 5.74) is 0.269. The molecule has 2 aliphatic heterocycles. The van der Waals surface area contributed by atoms with Crippen LogP contribution < -0.4 is 9.64 Å². The third kappa shape index (κ3) is 7.61. The maximum Gasteiger partial charge on any atom is 0.282 e. The van der Waals surface area contributed by atoms with Crippen LogP contribution in [0, 0.1) is 17.2 Å². The highest BCUT2D eigenvalue weighted by Crippen LogP contribution is 2.44. The number of carbonyl (C=O) groups excluding carboxylic acids is 1. The van der Waals surface area contributed by atoms with E-state index in [0.29, 0.717) is 24.3 Å². The molecule has 2 atom stereocenters. The highest BCUT2D eigenvalue weighted by Gasteiger charge is 2.50. The zero-order valence-corrected chi connectivity index (χ0v) is 27.1. The van der Waals surface area contributed by atoms with Gasteiger partial charge in [0.15, 0.2) is 5.82 Å². The van der Waals surface area contributed by atoms with Gasteiger partial charge in [0.2, 0.25) is 0 Å². The number of carbonyl (C=O) groups is 1. The first-order chi connectivity index (χ1) is 20.3. The van der Waals surface area contributed by atoms with Gasteiger partial charge in [0, 0.05) is 56.3 Å². The number of rotatable bonds is 13. The van der Waals surface area contributed by atoms with E-state index in [0.717, 1.165) is 45.6 Å². The average molecular weight is 600 g/mol. The van der Waals surface area contributed by atoms with Crippen LogP contribution in [0.25, 0.3) is 0 Å². The number of aromatic nitrogens is 3. The molecule has 0 bridgehead atoms. The Morgan fingerprint density at radius 3 is 2.47 bits per heavy atom. The van der Waals surface area contributed by atoms with E-state index in [4.69, 9.17) is 4.74 Å². The van der Waals surface area contributed by atoms with Crippen LogP contribution in [0.2, 0.25) is 0 Å². The van der Waals surface area contributed by atoms with Crippen LogP contribution >= 0.6 is 0 Å². The van der Waals surface area contributed by atoms with E-state index in [9.17, 15) is 14.3 Å². The van der Waals surface area contributed by atoms with Gasteiger partial charge in [-0.25, -0.2) is 9.37 Å². The van der Waals surface area contributed by atoms with Crippen LogP contribution in [0.3, 0.4) is 0 Å². The number of likely N-dealkylation sites (N-methyl/N-ethyl adjacent to an activating group) is 1. The Labute approximate surface area is 256 Å². The van der Waals surface area contributed by atoms with E-state index in [-0.39, 0.29) is 46.7 Å². The molecular weight excluding hydrogens is 549 g/mol. The smallest absolute Gasteiger partial charge is 0.282 e. The van der Waals surface area contributed by atoms with Crippen LogP contribution in [0.5, 0.6) is 11.6 Å². The number of nitrogens with zero attached hydrogens (tertiary/aromatic N) is 7. The number of hydrogen-bond donors (Lipinski definition) is 1. The molecule has 3 heterocycles. The van der Waals surface area contributed by atoms with Gasteiger partial charge in [0.25, 0.3) is 11.8 Å². The van der Waals surface area contributed by atoms with Crippen LogP contribution in [0.1, 0.15) is 71.7 Å². The summed E-state index contributed by atoms with van der Waals surface area (Å²) in [6, 6.07) is 4.14. The number of aliphatic hydroxyl groups is 1. The molecule has 0 aliphatic carbocycles. The molecule has 2 aliphatic rings. The standard InChI is InChI=1S/C32H50FN7O3/c1-9-37(8)16-25(41)15-27(21(2)3)39-18-32(19-39)12-13-38(17-32)29-30(36-35-20-34-29)43-28-11-10-24(33)14-26(28)31(42)40(22(4)5)23(6)7/h10-11,14,20-23,25,27,41H,9,12-13,15-19H2,1-8H3/t25-,27+/m0/s1. The van der Waals surface area contributed by atoms with Gasteiger partial charge >= 0.3 is 0 Å². The summed E-state index contributed by atoms with van der Waals surface area (Å²) < 4.78 is 20.6. The number of hydrogen-bond acceptors (Lipinski definition) is 9. The molecule has 2 fully saturated rings. The first-order valence-electron chi connectivity index (χ1n) is 15.7. The van der Waals surface area contributed by atoms with Gasteiger partial charge < -0.3 is 24.5 Å². The van der Waals surface area contributed by atoms with Crippen LogP contribution in [0.15, 0.2) is 24.5 Å². The maximum atomic E-state index is 14.4. The van der Waals surface area contributed by atoms with Gasteiger partial charge in [0.05, 0.1) is 11.7 Å². The lowest BCUT2D eigenvalue weighted by atomic mass is 9.76. The van der Waals surface area contributed by atoms with Gasteiger partial charge in [-0.3, -0.25) is 9.69 Å². The van der Waals surface area contributed by atoms with E-state index >= 15 is 0 Å². The summed E-state index contributed by atoms with van der Waals surface area (Å²) in [6.07, 6.45) is 2.83. The van der Waals surface area contributed by atoms with Crippen molar-refractivity contribution >= 4 is 11.7 Å². The zero-order valence-electron chi connectivity index (χ0n) is 27.1. The van der Waals surface area contributed by atoms with Gasteiger partial charge in [-0.2, -0.15) is 0 Å². The Morgan fingerprint density at radius 2 is 1.84 bits per heavy atom. The minimum absolute atomic E-state index is 0.0727. The molecule has 1 aromatic heterocycles. The predicted octanol–water partition coefficient (Wildman–Crippen LogP) is 4.30. The molecule has 0 unspecified atom stereocenters. The van der Waals surface area contributed by atoms with Crippen molar-refractivity contribution in [1.82, 2.24) is 29.9 Å². The summed E-state index contributed by atoms with van der Waals surface area (Å²) >= 11 is 0. The number of likely N-dealkylation sites (tertiary alicyclic amines) is 1. The van der Waals surface area contributed by atoms with Crippen LogP contribution in [-0.2, 0) is 0 Å². The summed E-state index contributed by atoms with van der Waals surface area (Å²) in [5.74, 6) is 0.603. The summed E-state index contributed by atoms with van der Waals surface area (Å²) in [5, 5.41) is 18.9. The van der Waals surface area contributed by atoms with Crippen molar-refractivity contribution in [3.05, 3.63) is 35.9 Å². The van der Waals surface area contributed by atoms with Crippen molar-refractivity contribution in [1.29, 1.82) is 0 Å². The number of aliphatic hydroxyl groups excluding tert-OH is 1. The third-order valence-corrected chi connectivity index (χ3v) is 8.93. The zero-order chi connectivity index (χ0) is 31.5. The number of ether oxygens (including phenoxy) is 1. The van der Waals surface area contributed by atoms with Crippen molar-refractivity contribution < 1.29 is 19.0 Å².